The Kier molecular flexibility index (Phi) is 4.03. The monoisotopic (exact) mass is 303 g/mol. The Bertz CT molecular complexity index is 581. The van der Waals surface area contributed by atoms with Gasteiger partial charge in [0, 0.05) is 12.4 Å². The largest absolute Gasteiger partial charge is 0.466 e. The molecule has 2 heterocycles. The number of amides is 1. The summed E-state index contributed by atoms with van der Waals surface area (Å²) in [4.78, 5) is 18.1. The summed E-state index contributed by atoms with van der Waals surface area (Å²) in [5, 5.41) is 12.1. The van der Waals surface area contributed by atoms with Crippen LogP contribution in [-0.2, 0) is 16.9 Å². The van der Waals surface area contributed by atoms with E-state index in [2.05, 4.69) is 19.7 Å². The van der Waals surface area contributed by atoms with Gasteiger partial charge in [-0.2, -0.15) is 13.2 Å². The molecule has 9 heteroatoms. The fourth-order valence-corrected chi connectivity index (χ4v) is 1.71. The molecule has 1 unspecified atom stereocenters. The molecule has 2 aromatic heterocycles. The van der Waals surface area contributed by atoms with Gasteiger partial charge in [0.25, 0.3) is 0 Å². The first kappa shape index (κ1) is 15.1. The fraction of sp³-hybridized carbons (Fsp3) is 0.333. The number of halogens is 3. The van der Waals surface area contributed by atoms with Gasteiger partial charge in [0.05, 0.1) is 19.2 Å². The Labute approximate surface area is 117 Å². The maximum absolute atomic E-state index is 13.0. The van der Waals surface area contributed by atoms with Crippen molar-refractivity contribution in [2.45, 2.75) is 24.7 Å². The number of H-pyrrole nitrogens is 1. The zero-order valence-corrected chi connectivity index (χ0v) is 10.6. The molecule has 0 bridgehead atoms. The third-order valence-corrected chi connectivity index (χ3v) is 2.82. The Morgan fingerprint density at radius 2 is 2.24 bits per heavy atom. The number of nitrogens with one attached hydrogen (secondary N) is 2. The van der Waals surface area contributed by atoms with Crippen molar-refractivity contribution in [1.29, 1.82) is 0 Å². The quantitative estimate of drug-likeness (QED) is 0.780. The molecule has 0 aliphatic rings. The van der Waals surface area contributed by atoms with Gasteiger partial charge in [0.2, 0.25) is 11.5 Å². The third-order valence-electron chi connectivity index (χ3n) is 2.82. The van der Waals surface area contributed by atoms with Crippen molar-refractivity contribution in [3.8, 4) is 0 Å². The molecule has 6 nitrogen and oxygen atoms in total. The van der Waals surface area contributed by atoms with Crippen molar-refractivity contribution >= 4 is 5.91 Å². The van der Waals surface area contributed by atoms with Crippen LogP contribution in [0.1, 0.15) is 18.0 Å². The van der Waals surface area contributed by atoms with Gasteiger partial charge >= 0.3 is 6.18 Å². The van der Waals surface area contributed by atoms with Crippen molar-refractivity contribution in [2.75, 3.05) is 0 Å². The minimum absolute atomic E-state index is 0.0715. The van der Waals surface area contributed by atoms with Crippen molar-refractivity contribution in [1.82, 2.24) is 15.3 Å². The second kappa shape index (κ2) is 5.60. The molecule has 0 fully saturated rings. The molecule has 1 amide bonds. The number of furan rings is 1. The zero-order valence-electron chi connectivity index (χ0n) is 10.6. The van der Waals surface area contributed by atoms with Crippen LogP contribution >= 0.6 is 0 Å². The number of aromatic nitrogens is 2. The average Bonchev–Trinajstić information content (AvgIpc) is 3.08. The average molecular weight is 303 g/mol. The van der Waals surface area contributed by atoms with Gasteiger partial charge in [0.1, 0.15) is 11.6 Å². The summed E-state index contributed by atoms with van der Waals surface area (Å²) >= 11 is 0. The molecule has 0 radical (unpaired) electrons. The van der Waals surface area contributed by atoms with E-state index in [-0.39, 0.29) is 6.54 Å². The maximum atomic E-state index is 13.0. The Morgan fingerprint density at radius 1 is 1.48 bits per heavy atom. The molecule has 2 rings (SSSR count). The summed E-state index contributed by atoms with van der Waals surface area (Å²) in [6.45, 7) is -0.0715. The first-order chi connectivity index (χ1) is 9.83. The van der Waals surface area contributed by atoms with Gasteiger partial charge < -0.3 is 19.8 Å². The number of aliphatic hydroxyl groups is 1. The van der Waals surface area contributed by atoms with Crippen LogP contribution in [0.2, 0.25) is 0 Å². The molecule has 2 aromatic rings. The predicted molar refractivity (Wildman–Crippen MR) is 63.7 cm³/mol. The van der Waals surface area contributed by atoms with E-state index in [1.807, 2.05) is 0 Å². The fourth-order valence-electron chi connectivity index (χ4n) is 1.71. The van der Waals surface area contributed by atoms with Crippen LogP contribution in [0.15, 0.2) is 35.2 Å². The first-order valence-electron chi connectivity index (χ1n) is 5.91. The van der Waals surface area contributed by atoms with Gasteiger partial charge in [0.15, 0.2) is 0 Å². The molecule has 0 aromatic carbocycles. The number of hydrogen-bond acceptors (Lipinski definition) is 4. The molecular formula is C12H12F3N3O3. The highest BCUT2D eigenvalue weighted by molar-refractivity contribution is 5.77. The zero-order chi connectivity index (χ0) is 15.5. The summed E-state index contributed by atoms with van der Waals surface area (Å²) in [5.74, 6) is -1.33. The SMILES string of the molecule is O=C(CC(O)(c1ccco1)C(F)(F)F)NCc1ncc[nH]1. The van der Waals surface area contributed by atoms with Gasteiger partial charge in [-0.25, -0.2) is 4.98 Å². The lowest BCUT2D eigenvalue weighted by molar-refractivity contribution is -0.273. The number of rotatable bonds is 5. The number of carbonyl (C=O) groups excluding carboxylic acids is 1. The van der Waals surface area contributed by atoms with Crippen molar-refractivity contribution < 1.29 is 27.5 Å². The normalized spacial score (nSPS) is 14.7. The standard InChI is InChI=1S/C12H12F3N3O3/c13-12(14,15)11(20,8-2-1-5-21-8)6-10(19)18-7-9-16-3-4-17-9/h1-5,20H,6-7H2,(H,16,17)(H,18,19). The summed E-state index contributed by atoms with van der Waals surface area (Å²) in [7, 11) is 0. The molecule has 0 aliphatic heterocycles. The van der Waals surface area contributed by atoms with Gasteiger partial charge in [-0.15, -0.1) is 0 Å². The minimum atomic E-state index is -5.05. The van der Waals surface area contributed by atoms with E-state index in [0.717, 1.165) is 12.3 Å². The van der Waals surface area contributed by atoms with E-state index in [4.69, 9.17) is 0 Å². The number of hydrogen-bond donors (Lipinski definition) is 3. The minimum Gasteiger partial charge on any atom is -0.466 e. The smallest absolute Gasteiger partial charge is 0.425 e. The summed E-state index contributed by atoms with van der Waals surface area (Å²) in [6, 6.07) is 2.17. The molecule has 21 heavy (non-hydrogen) atoms. The van der Waals surface area contributed by atoms with Gasteiger partial charge in [-0.05, 0) is 12.1 Å². The van der Waals surface area contributed by atoms with Crippen LogP contribution in [0.3, 0.4) is 0 Å². The lowest BCUT2D eigenvalue weighted by Crippen LogP contribution is -2.46. The summed E-state index contributed by atoms with van der Waals surface area (Å²) < 4.78 is 43.7. The van der Waals surface area contributed by atoms with Crippen LogP contribution in [0, 0.1) is 0 Å². The Hall–Kier alpha value is -2.29. The van der Waals surface area contributed by atoms with Gasteiger partial charge in [-0.1, -0.05) is 0 Å². The number of aromatic amines is 1. The molecule has 0 aliphatic carbocycles. The highest BCUT2D eigenvalue weighted by Crippen LogP contribution is 2.41. The number of imidazole rings is 1. The van der Waals surface area contributed by atoms with Crippen LogP contribution in [-0.4, -0.2) is 27.2 Å². The second-order valence-electron chi connectivity index (χ2n) is 4.32. The second-order valence-corrected chi connectivity index (χ2v) is 4.32. The van der Waals surface area contributed by atoms with E-state index in [1.54, 1.807) is 0 Å². The predicted octanol–water partition coefficient (Wildman–Crippen LogP) is 1.46. The molecular weight excluding hydrogens is 291 g/mol. The van der Waals surface area contributed by atoms with E-state index < -0.39 is 29.9 Å². The van der Waals surface area contributed by atoms with Crippen molar-refractivity contribution in [3.63, 3.8) is 0 Å². The van der Waals surface area contributed by atoms with Crippen LogP contribution in [0.5, 0.6) is 0 Å². The number of carbonyl (C=O) groups is 1. The van der Waals surface area contributed by atoms with Crippen LogP contribution in [0.4, 0.5) is 13.2 Å². The van der Waals surface area contributed by atoms with Crippen LogP contribution in [0.25, 0.3) is 0 Å². The molecule has 0 saturated carbocycles. The van der Waals surface area contributed by atoms with Crippen molar-refractivity contribution in [3.05, 3.63) is 42.4 Å². The lowest BCUT2D eigenvalue weighted by atomic mass is 9.95. The molecule has 0 spiro atoms. The van der Waals surface area contributed by atoms with Gasteiger partial charge in [-0.3, -0.25) is 4.79 Å². The lowest BCUT2D eigenvalue weighted by Gasteiger charge is -2.27. The van der Waals surface area contributed by atoms with Crippen LogP contribution < -0.4 is 5.32 Å². The topological polar surface area (TPSA) is 91.2 Å². The van der Waals surface area contributed by atoms with E-state index in [0.29, 0.717) is 5.82 Å². The molecule has 0 saturated heterocycles. The molecule has 1 atom stereocenters. The molecule has 3 N–H and O–H groups in total. The Balaban J connectivity index is 2.07. The first-order valence-corrected chi connectivity index (χ1v) is 5.91. The summed E-state index contributed by atoms with van der Waals surface area (Å²) in [5.41, 5.74) is -3.37. The highest BCUT2D eigenvalue weighted by atomic mass is 19.4. The number of alkyl halides is 3. The number of nitrogens with zero attached hydrogens (tertiary/aromatic N) is 1. The molecule has 114 valence electrons. The maximum Gasteiger partial charge on any atom is 0.425 e. The Morgan fingerprint density at radius 3 is 2.76 bits per heavy atom. The van der Waals surface area contributed by atoms with E-state index >= 15 is 0 Å². The summed E-state index contributed by atoms with van der Waals surface area (Å²) in [6.07, 6.45) is -2.31. The third kappa shape index (κ3) is 3.24. The van der Waals surface area contributed by atoms with E-state index in [9.17, 15) is 23.1 Å². The van der Waals surface area contributed by atoms with Crippen molar-refractivity contribution in [2.24, 2.45) is 0 Å². The highest BCUT2D eigenvalue weighted by Gasteiger charge is 2.58. The van der Waals surface area contributed by atoms with E-state index in [1.165, 1.54) is 18.5 Å².